The highest BCUT2D eigenvalue weighted by molar-refractivity contribution is 7.86. The Morgan fingerprint density at radius 3 is 2.80 bits per heavy atom. The van der Waals surface area contributed by atoms with Crippen LogP contribution in [0.5, 0.6) is 5.88 Å². The van der Waals surface area contributed by atoms with Crippen LogP contribution in [0.15, 0.2) is 10.9 Å². The summed E-state index contributed by atoms with van der Waals surface area (Å²) < 4.78 is 25.3. The highest BCUT2D eigenvalue weighted by atomic mass is 32.2. The van der Waals surface area contributed by atoms with Gasteiger partial charge in [0, 0.05) is 0 Å². The number of rotatable bonds is 2. The molecule has 0 spiro atoms. The van der Waals surface area contributed by atoms with Crippen LogP contribution in [0.4, 0.5) is 0 Å². The molecule has 0 atom stereocenters. The molecule has 1 aromatic heterocycles. The molecule has 0 unspecified atom stereocenters. The molecule has 10 heavy (non-hydrogen) atoms. The Bertz CT molecular complexity index is 288. The van der Waals surface area contributed by atoms with Crippen molar-refractivity contribution in [1.29, 1.82) is 0 Å². The van der Waals surface area contributed by atoms with Gasteiger partial charge < -0.3 is 4.18 Å². The van der Waals surface area contributed by atoms with Gasteiger partial charge in [0.1, 0.15) is 0 Å². The highest BCUT2D eigenvalue weighted by Gasteiger charge is 2.03. The van der Waals surface area contributed by atoms with E-state index in [1.807, 2.05) is 0 Å². The predicted molar refractivity (Wildman–Crippen MR) is 37.6 cm³/mol. The number of aromatic nitrogens is 1. The Morgan fingerprint density at radius 2 is 2.40 bits per heavy atom. The van der Waals surface area contributed by atoms with E-state index in [9.17, 15) is 8.42 Å². The fraction of sp³-hybridized carbons (Fsp3) is 0.250. The molecule has 1 aromatic rings. The number of hydrogen-bond acceptors (Lipinski definition) is 5. The first-order valence-electron chi connectivity index (χ1n) is 2.35. The number of nitrogens with zero attached hydrogens (tertiary/aromatic N) is 1. The summed E-state index contributed by atoms with van der Waals surface area (Å²) in [5.41, 5.74) is 1.50. The van der Waals surface area contributed by atoms with Crippen LogP contribution in [-0.4, -0.2) is 19.7 Å². The molecular weight excluding hydrogens is 174 g/mol. The van der Waals surface area contributed by atoms with Gasteiger partial charge in [-0.3, -0.25) is 0 Å². The Morgan fingerprint density at radius 1 is 1.70 bits per heavy atom. The molecule has 0 saturated heterocycles. The van der Waals surface area contributed by atoms with E-state index in [2.05, 4.69) is 9.17 Å². The molecule has 0 bridgehead atoms. The van der Waals surface area contributed by atoms with Crippen molar-refractivity contribution in [2.24, 2.45) is 0 Å². The Kier molecular flexibility index (Phi) is 1.91. The molecule has 0 aromatic carbocycles. The second kappa shape index (κ2) is 2.55. The van der Waals surface area contributed by atoms with Gasteiger partial charge in [-0.05, 0) is 0 Å². The smallest absolute Gasteiger partial charge is 0.307 e. The lowest BCUT2D eigenvalue weighted by molar-refractivity contribution is 0.484. The molecule has 1 rings (SSSR count). The zero-order chi connectivity index (χ0) is 7.61. The van der Waals surface area contributed by atoms with E-state index in [0.29, 0.717) is 0 Å². The molecule has 0 amide bonds. The van der Waals surface area contributed by atoms with Crippen LogP contribution in [-0.2, 0) is 10.1 Å². The molecule has 56 valence electrons. The van der Waals surface area contributed by atoms with Gasteiger partial charge in [0.15, 0.2) is 0 Å². The Hall–Kier alpha value is -0.620. The van der Waals surface area contributed by atoms with E-state index in [0.717, 1.165) is 6.26 Å². The molecule has 0 aliphatic rings. The third-order valence-electron chi connectivity index (χ3n) is 0.646. The molecule has 0 aliphatic heterocycles. The van der Waals surface area contributed by atoms with Crippen molar-refractivity contribution in [3.63, 3.8) is 0 Å². The third kappa shape index (κ3) is 2.32. The van der Waals surface area contributed by atoms with Gasteiger partial charge in [0.25, 0.3) is 0 Å². The van der Waals surface area contributed by atoms with Crippen molar-refractivity contribution in [2.45, 2.75) is 0 Å². The minimum atomic E-state index is -3.40. The maximum Gasteiger partial charge on any atom is 0.307 e. The van der Waals surface area contributed by atoms with Crippen molar-refractivity contribution in [2.75, 3.05) is 6.26 Å². The fourth-order valence-corrected chi connectivity index (χ4v) is 1.31. The minimum absolute atomic E-state index is 0.132. The molecule has 0 aliphatic carbocycles. The van der Waals surface area contributed by atoms with E-state index in [1.54, 1.807) is 0 Å². The summed E-state index contributed by atoms with van der Waals surface area (Å²) in [6.07, 6.45) is 0.979. The minimum Gasteiger partial charge on any atom is -0.361 e. The second-order valence-electron chi connectivity index (χ2n) is 1.61. The van der Waals surface area contributed by atoms with Crippen molar-refractivity contribution in [1.82, 2.24) is 4.98 Å². The molecule has 0 radical (unpaired) electrons. The zero-order valence-electron chi connectivity index (χ0n) is 5.14. The number of hydrogen-bond donors (Lipinski definition) is 0. The molecule has 6 heteroatoms. The maximum absolute atomic E-state index is 10.4. The molecule has 0 fully saturated rings. The lowest BCUT2D eigenvalue weighted by Gasteiger charge is -1.94. The molecular formula is C4H5NO3S2. The van der Waals surface area contributed by atoms with Gasteiger partial charge >= 0.3 is 10.1 Å². The van der Waals surface area contributed by atoms with Crippen LogP contribution in [0.3, 0.4) is 0 Å². The summed E-state index contributed by atoms with van der Waals surface area (Å²) >= 11 is 1.28. The summed E-state index contributed by atoms with van der Waals surface area (Å²) in [4.78, 5) is 3.62. The van der Waals surface area contributed by atoms with Crippen LogP contribution >= 0.6 is 11.3 Å². The first kappa shape index (κ1) is 7.49. The SMILES string of the molecule is CS(=O)(=O)Oc1cscn1. The molecule has 0 N–H and O–H groups in total. The lowest BCUT2D eigenvalue weighted by Crippen LogP contribution is -2.05. The van der Waals surface area contributed by atoms with Crippen LogP contribution in [0, 0.1) is 0 Å². The van der Waals surface area contributed by atoms with E-state index >= 15 is 0 Å². The summed E-state index contributed by atoms with van der Waals surface area (Å²) in [7, 11) is -3.40. The van der Waals surface area contributed by atoms with E-state index in [4.69, 9.17) is 0 Å². The van der Waals surface area contributed by atoms with Gasteiger partial charge in [-0.15, -0.1) is 11.3 Å². The average Bonchev–Trinajstić information content (AvgIpc) is 2.12. The first-order chi connectivity index (χ1) is 4.58. The lowest BCUT2D eigenvalue weighted by atomic mass is 10.9. The average molecular weight is 179 g/mol. The van der Waals surface area contributed by atoms with Crippen LogP contribution in [0.1, 0.15) is 0 Å². The van der Waals surface area contributed by atoms with Crippen molar-refractivity contribution in [3.05, 3.63) is 10.9 Å². The van der Waals surface area contributed by atoms with Crippen LogP contribution < -0.4 is 4.18 Å². The summed E-state index contributed by atoms with van der Waals surface area (Å²) in [5.74, 6) is 0.132. The van der Waals surface area contributed by atoms with Crippen molar-refractivity contribution >= 4 is 21.5 Å². The normalized spacial score (nSPS) is 11.3. The van der Waals surface area contributed by atoms with Gasteiger partial charge in [-0.25, -0.2) is 4.98 Å². The monoisotopic (exact) mass is 179 g/mol. The summed E-state index contributed by atoms with van der Waals surface area (Å²) in [5, 5.41) is 1.51. The van der Waals surface area contributed by atoms with Gasteiger partial charge in [-0.1, -0.05) is 0 Å². The number of thiazole rings is 1. The Labute approximate surface area is 62.6 Å². The van der Waals surface area contributed by atoms with E-state index in [-0.39, 0.29) is 5.88 Å². The summed E-state index contributed by atoms with van der Waals surface area (Å²) in [6.45, 7) is 0. The highest BCUT2D eigenvalue weighted by Crippen LogP contribution is 2.10. The van der Waals surface area contributed by atoms with Crippen LogP contribution in [0.25, 0.3) is 0 Å². The summed E-state index contributed by atoms with van der Waals surface area (Å²) in [6, 6.07) is 0. The van der Waals surface area contributed by atoms with Crippen LogP contribution in [0.2, 0.25) is 0 Å². The third-order valence-corrected chi connectivity index (χ3v) is 1.68. The molecule has 4 nitrogen and oxygen atoms in total. The van der Waals surface area contributed by atoms with E-state index < -0.39 is 10.1 Å². The standard InChI is InChI=1S/C4H5NO3S2/c1-10(6,7)8-4-2-9-3-5-4/h2-3H,1H3. The quantitative estimate of drug-likeness (QED) is 0.620. The molecule has 1 heterocycles. The fourth-order valence-electron chi connectivity index (χ4n) is 0.398. The Balaban J connectivity index is 2.75. The van der Waals surface area contributed by atoms with Gasteiger partial charge in [-0.2, -0.15) is 8.42 Å². The molecule has 0 saturated carbocycles. The van der Waals surface area contributed by atoms with E-state index in [1.165, 1.54) is 22.2 Å². The second-order valence-corrected chi connectivity index (χ2v) is 3.91. The van der Waals surface area contributed by atoms with Crippen molar-refractivity contribution in [3.8, 4) is 5.88 Å². The predicted octanol–water partition coefficient (Wildman–Crippen LogP) is 0.482. The van der Waals surface area contributed by atoms with Gasteiger partial charge in [0.05, 0.1) is 17.1 Å². The zero-order valence-corrected chi connectivity index (χ0v) is 6.78. The largest absolute Gasteiger partial charge is 0.361 e. The first-order valence-corrected chi connectivity index (χ1v) is 5.11. The van der Waals surface area contributed by atoms with Crippen molar-refractivity contribution < 1.29 is 12.6 Å². The topological polar surface area (TPSA) is 56.3 Å². The van der Waals surface area contributed by atoms with Gasteiger partial charge in [0.2, 0.25) is 5.88 Å². The maximum atomic E-state index is 10.4.